The standard InChI is InChI=1S/C13H22N4OS/c1-9(7-17-5-3-4-6-17)15-12(18)11-8-19-13(16-11)10(2)14/h8-10H,3-7,14H2,1-2H3,(H,15,18). The molecule has 106 valence electrons. The molecule has 1 saturated heterocycles. The van der Waals surface area contributed by atoms with E-state index in [9.17, 15) is 4.79 Å². The molecule has 1 aliphatic rings. The van der Waals surface area contributed by atoms with E-state index in [-0.39, 0.29) is 18.0 Å². The van der Waals surface area contributed by atoms with Crippen LogP contribution >= 0.6 is 11.3 Å². The topological polar surface area (TPSA) is 71.2 Å². The molecule has 1 amide bonds. The molecule has 2 unspecified atom stereocenters. The first kappa shape index (κ1) is 14.4. The third kappa shape index (κ3) is 3.99. The number of carbonyl (C=O) groups is 1. The highest BCUT2D eigenvalue weighted by molar-refractivity contribution is 7.09. The van der Waals surface area contributed by atoms with Crippen molar-refractivity contribution in [3.8, 4) is 0 Å². The van der Waals surface area contributed by atoms with Gasteiger partial charge in [0.1, 0.15) is 10.7 Å². The third-order valence-corrected chi connectivity index (χ3v) is 4.30. The van der Waals surface area contributed by atoms with Crippen molar-refractivity contribution in [2.45, 2.75) is 38.8 Å². The van der Waals surface area contributed by atoms with E-state index in [4.69, 9.17) is 5.73 Å². The minimum Gasteiger partial charge on any atom is -0.347 e. The Hall–Kier alpha value is -0.980. The lowest BCUT2D eigenvalue weighted by atomic mass is 10.3. The molecule has 0 aromatic carbocycles. The van der Waals surface area contributed by atoms with E-state index in [1.54, 1.807) is 5.38 Å². The zero-order chi connectivity index (χ0) is 13.8. The molecule has 6 heteroatoms. The summed E-state index contributed by atoms with van der Waals surface area (Å²) in [6.45, 7) is 7.11. The van der Waals surface area contributed by atoms with Gasteiger partial charge in [0.05, 0.1) is 6.04 Å². The van der Waals surface area contributed by atoms with Crippen LogP contribution in [-0.2, 0) is 0 Å². The van der Waals surface area contributed by atoms with Gasteiger partial charge in [-0.1, -0.05) is 0 Å². The molecule has 0 spiro atoms. The average molecular weight is 282 g/mol. The minimum absolute atomic E-state index is 0.102. The van der Waals surface area contributed by atoms with Crippen LogP contribution in [0.5, 0.6) is 0 Å². The molecule has 3 N–H and O–H groups in total. The Bertz CT molecular complexity index is 426. The molecule has 0 radical (unpaired) electrons. The van der Waals surface area contributed by atoms with Gasteiger partial charge >= 0.3 is 0 Å². The second-order valence-electron chi connectivity index (χ2n) is 5.24. The summed E-state index contributed by atoms with van der Waals surface area (Å²) in [5.41, 5.74) is 6.22. The number of nitrogens with one attached hydrogen (secondary N) is 1. The number of carbonyl (C=O) groups excluding carboxylic acids is 1. The fraction of sp³-hybridized carbons (Fsp3) is 0.692. The van der Waals surface area contributed by atoms with Gasteiger partial charge in [-0.3, -0.25) is 4.79 Å². The first-order valence-corrected chi connectivity index (χ1v) is 7.68. The number of hydrogen-bond acceptors (Lipinski definition) is 5. The predicted octanol–water partition coefficient (Wildman–Crippen LogP) is 1.38. The Balaban J connectivity index is 1.85. The average Bonchev–Trinajstić information content (AvgIpc) is 2.98. The van der Waals surface area contributed by atoms with E-state index < -0.39 is 0 Å². The molecule has 2 atom stereocenters. The lowest BCUT2D eigenvalue weighted by Crippen LogP contribution is -2.41. The predicted molar refractivity (Wildman–Crippen MR) is 77.3 cm³/mol. The highest BCUT2D eigenvalue weighted by Gasteiger charge is 2.18. The van der Waals surface area contributed by atoms with E-state index in [0.717, 1.165) is 24.6 Å². The number of likely N-dealkylation sites (tertiary alicyclic amines) is 1. The Kier molecular flexibility index (Phi) is 4.90. The van der Waals surface area contributed by atoms with Gasteiger partial charge < -0.3 is 16.0 Å². The van der Waals surface area contributed by atoms with Gasteiger partial charge in [0.15, 0.2) is 0 Å². The van der Waals surface area contributed by atoms with Crippen molar-refractivity contribution in [2.24, 2.45) is 5.73 Å². The first-order chi connectivity index (χ1) is 9.06. The summed E-state index contributed by atoms with van der Waals surface area (Å²) in [5, 5.41) is 5.58. The summed E-state index contributed by atoms with van der Waals surface area (Å²) in [6.07, 6.45) is 2.54. The van der Waals surface area contributed by atoms with Gasteiger partial charge in [-0.2, -0.15) is 0 Å². The van der Waals surface area contributed by atoms with Crippen LogP contribution in [0.4, 0.5) is 0 Å². The molecule has 0 bridgehead atoms. The fourth-order valence-electron chi connectivity index (χ4n) is 2.30. The Morgan fingerprint density at radius 2 is 2.21 bits per heavy atom. The molecule has 2 rings (SSSR count). The van der Waals surface area contributed by atoms with E-state index in [1.165, 1.54) is 24.2 Å². The molecule has 5 nitrogen and oxygen atoms in total. The molecule has 1 aromatic rings. The number of amides is 1. The van der Waals surface area contributed by atoms with E-state index in [2.05, 4.69) is 15.2 Å². The Labute approximate surface area is 118 Å². The number of aromatic nitrogens is 1. The summed E-state index contributed by atoms with van der Waals surface area (Å²) in [7, 11) is 0. The van der Waals surface area contributed by atoms with E-state index in [1.807, 2.05) is 13.8 Å². The molecular formula is C13H22N4OS. The molecule has 2 heterocycles. The highest BCUT2D eigenvalue weighted by Crippen LogP contribution is 2.16. The maximum atomic E-state index is 12.0. The van der Waals surface area contributed by atoms with Gasteiger partial charge in [-0.15, -0.1) is 11.3 Å². The summed E-state index contributed by atoms with van der Waals surface area (Å²) in [6, 6.07) is 0.0274. The molecular weight excluding hydrogens is 260 g/mol. The largest absolute Gasteiger partial charge is 0.347 e. The molecule has 1 aliphatic heterocycles. The fourth-order valence-corrected chi connectivity index (χ4v) is 3.05. The van der Waals surface area contributed by atoms with Crippen molar-refractivity contribution in [2.75, 3.05) is 19.6 Å². The minimum atomic E-state index is -0.117. The van der Waals surface area contributed by atoms with Crippen LogP contribution in [0.3, 0.4) is 0 Å². The highest BCUT2D eigenvalue weighted by atomic mass is 32.1. The van der Waals surface area contributed by atoms with Gasteiger partial charge in [0.25, 0.3) is 5.91 Å². The summed E-state index contributed by atoms with van der Waals surface area (Å²) in [5.74, 6) is -0.102. The van der Waals surface area contributed by atoms with Crippen molar-refractivity contribution in [3.05, 3.63) is 16.1 Å². The lowest BCUT2D eigenvalue weighted by molar-refractivity contribution is 0.0927. The van der Waals surface area contributed by atoms with Crippen LogP contribution in [0.1, 0.15) is 48.2 Å². The number of hydrogen-bond donors (Lipinski definition) is 2. The SMILES string of the molecule is CC(CN1CCCC1)NC(=O)c1csc(C(C)N)n1. The molecule has 0 saturated carbocycles. The molecule has 1 fully saturated rings. The normalized spacial score (nSPS) is 19.3. The molecule has 19 heavy (non-hydrogen) atoms. The maximum absolute atomic E-state index is 12.0. The zero-order valence-corrected chi connectivity index (χ0v) is 12.4. The van der Waals surface area contributed by atoms with Crippen LogP contribution < -0.4 is 11.1 Å². The lowest BCUT2D eigenvalue weighted by Gasteiger charge is -2.20. The Morgan fingerprint density at radius 1 is 1.53 bits per heavy atom. The van der Waals surface area contributed by atoms with Crippen LogP contribution in [0, 0.1) is 0 Å². The number of rotatable bonds is 5. The van der Waals surface area contributed by atoms with Gasteiger partial charge in [-0.25, -0.2) is 4.98 Å². The molecule has 1 aromatic heterocycles. The number of thiazole rings is 1. The first-order valence-electron chi connectivity index (χ1n) is 6.80. The smallest absolute Gasteiger partial charge is 0.271 e. The van der Waals surface area contributed by atoms with Crippen LogP contribution in [-0.4, -0.2) is 41.5 Å². The van der Waals surface area contributed by atoms with Gasteiger partial charge in [-0.05, 0) is 39.8 Å². The third-order valence-electron chi connectivity index (χ3n) is 3.25. The van der Waals surface area contributed by atoms with Crippen molar-refractivity contribution in [1.29, 1.82) is 0 Å². The van der Waals surface area contributed by atoms with Crippen molar-refractivity contribution in [1.82, 2.24) is 15.2 Å². The zero-order valence-electron chi connectivity index (χ0n) is 11.6. The summed E-state index contributed by atoms with van der Waals surface area (Å²) < 4.78 is 0. The second kappa shape index (κ2) is 6.45. The number of nitrogens with two attached hydrogens (primary N) is 1. The Morgan fingerprint density at radius 3 is 2.79 bits per heavy atom. The van der Waals surface area contributed by atoms with Crippen LogP contribution in [0.15, 0.2) is 5.38 Å². The molecule has 0 aliphatic carbocycles. The van der Waals surface area contributed by atoms with Gasteiger partial charge in [0.2, 0.25) is 0 Å². The van der Waals surface area contributed by atoms with E-state index >= 15 is 0 Å². The van der Waals surface area contributed by atoms with Crippen molar-refractivity contribution >= 4 is 17.2 Å². The quantitative estimate of drug-likeness (QED) is 0.856. The van der Waals surface area contributed by atoms with Crippen LogP contribution in [0.25, 0.3) is 0 Å². The van der Waals surface area contributed by atoms with Gasteiger partial charge in [0, 0.05) is 18.0 Å². The second-order valence-corrected chi connectivity index (χ2v) is 6.13. The van der Waals surface area contributed by atoms with Crippen molar-refractivity contribution in [3.63, 3.8) is 0 Å². The monoisotopic (exact) mass is 282 g/mol. The maximum Gasteiger partial charge on any atom is 0.271 e. The van der Waals surface area contributed by atoms with Crippen molar-refractivity contribution < 1.29 is 4.79 Å². The number of nitrogens with zero attached hydrogens (tertiary/aromatic N) is 2. The summed E-state index contributed by atoms with van der Waals surface area (Å²) >= 11 is 1.44. The summed E-state index contributed by atoms with van der Waals surface area (Å²) in [4.78, 5) is 18.7. The van der Waals surface area contributed by atoms with E-state index in [0.29, 0.717) is 5.69 Å². The van der Waals surface area contributed by atoms with Crippen LogP contribution in [0.2, 0.25) is 0 Å².